The summed E-state index contributed by atoms with van der Waals surface area (Å²) in [7, 11) is 0. The SMILES string of the molecule is [2H]c1sc(N)nc1CC(=O)Nc1c([2H])c([2H])c(C([2H])([2H])C([2H])([2H])NC([2H])([2H])[C@]([2H])(O)c2ccccc2)c([2H])c1[2H]. The van der Waals surface area contributed by atoms with Gasteiger partial charge in [0.2, 0.25) is 5.91 Å². The summed E-state index contributed by atoms with van der Waals surface area (Å²) in [4.78, 5) is 16.3. The van der Waals surface area contributed by atoms with Crippen LogP contribution in [-0.2, 0) is 17.6 Å². The van der Waals surface area contributed by atoms with Gasteiger partial charge in [0.1, 0.15) is 0 Å². The van der Waals surface area contributed by atoms with Crippen LogP contribution >= 0.6 is 11.3 Å². The van der Waals surface area contributed by atoms with E-state index in [-0.39, 0.29) is 21.7 Å². The van der Waals surface area contributed by atoms with Gasteiger partial charge in [0.25, 0.3) is 0 Å². The molecule has 1 atom stereocenters. The van der Waals surface area contributed by atoms with Crippen LogP contribution < -0.4 is 16.4 Å². The van der Waals surface area contributed by atoms with Gasteiger partial charge in [0.05, 0.1) is 26.4 Å². The average molecular weight is 409 g/mol. The number of rotatable bonds is 9. The molecular weight excluding hydrogens is 372 g/mol. The van der Waals surface area contributed by atoms with Crippen LogP contribution in [0.3, 0.4) is 0 Å². The normalized spacial score (nSPS) is 20.8. The molecule has 2 aromatic carbocycles. The van der Waals surface area contributed by atoms with Gasteiger partial charge < -0.3 is 21.5 Å². The highest BCUT2D eigenvalue weighted by Gasteiger charge is 2.08. The molecule has 28 heavy (non-hydrogen) atoms. The fourth-order valence-electron chi connectivity index (χ4n) is 1.99. The van der Waals surface area contributed by atoms with Crippen molar-refractivity contribution in [3.05, 3.63) is 76.7 Å². The number of amides is 1. The van der Waals surface area contributed by atoms with E-state index in [9.17, 15) is 9.90 Å². The quantitative estimate of drug-likeness (QED) is 0.436. The standard InChI is InChI=1S/C21H24N4O2S/c22-21-25-18(14-28-21)12-20(27)24-17-8-6-15(7-9-17)10-11-23-13-19(26)16-4-2-1-3-5-16/h1-9,14,19,23,26H,10-13H2,(H2,22,25)(H,24,27)/t19-/m0/s1/i6D,7D,8D,9D,10D2,11D2,13D2,14D,19D. The van der Waals surface area contributed by atoms with Crippen molar-refractivity contribution in [2.75, 3.05) is 24.0 Å². The van der Waals surface area contributed by atoms with Gasteiger partial charge in [-0.25, -0.2) is 4.98 Å². The van der Waals surface area contributed by atoms with E-state index in [1.54, 1.807) is 5.32 Å². The Labute approximate surface area is 185 Å². The van der Waals surface area contributed by atoms with Crippen molar-refractivity contribution in [1.82, 2.24) is 10.3 Å². The topological polar surface area (TPSA) is 100 Å². The van der Waals surface area contributed by atoms with Crippen molar-refractivity contribution in [1.29, 1.82) is 0 Å². The Kier molecular flexibility index (Phi) is 3.44. The van der Waals surface area contributed by atoms with Gasteiger partial charge in [0, 0.05) is 25.8 Å². The molecule has 7 heteroatoms. The zero-order valence-corrected chi connectivity index (χ0v) is 15.2. The third kappa shape index (κ3) is 6.16. The molecular formula is C21H24N4O2S. The smallest absolute Gasteiger partial charge is 0.230 e. The van der Waals surface area contributed by atoms with Crippen molar-refractivity contribution in [3.8, 4) is 0 Å². The predicted molar refractivity (Wildman–Crippen MR) is 113 cm³/mol. The second-order valence-electron chi connectivity index (χ2n) is 5.29. The van der Waals surface area contributed by atoms with Crippen molar-refractivity contribution >= 4 is 28.1 Å². The number of benzene rings is 2. The van der Waals surface area contributed by atoms with E-state index < -0.39 is 73.2 Å². The molecule has 0 bridgehead atoms. The lowest BCUT2D eigenvalue weighted by molar-refractivity contribution is -0.115. The maximum atomic E-state index is 12.5. The van der Waals surface area contributed by atoms with Crippen LogP contribution in [0.2, 0.25) is 0 Å². The lowest BCUT2D eigenvalue weighted by Gasteiger charge is -2.12. The van der Waals surface area contributed by atoms with Crippen molar-refractivity contribution in [3.63, 3.8) is 0 Å². The first-order chi connectivity index (χ1) is 18.2. The fourth-order valence-corrected chi connectivity index (χ4v) is 2.49. The zero-order valence-electron chi connectivity index (χ0n) is 26.4. The number of hydrogen-bond donors (Lipinski definition) is 4. The summed E-state index contributed by atoms with van der Waals surface area (Å²) in [6.45, 7) is -6.84. The van der Waals surface area contributed by atoms with E-state index in [0.29, 0.717) is 0 Å². The number of nitrogens with zero attached hydrogens (tertiary/aromatic N) is 1. The summed E-state index contributed by atoms with van der Waals surface area (Å²) >= 11 is 0.822. The molecule has 0 aliphatic heterocycles. The minimum absolute atomic E-state index is 0.0154. The molecule has 146 valence electrons. The Hall–Kier alpha value is -2.74. The summed E-state index contributed by atoms with van der Waals surface area (Å²) in [5.41, 5.74) is 3.52. The summed E-state index contributed by atoms with van der Waals surface area (Å²) < 4.78 is 98.6. The first kappa shape index (κ1) is 9.65. The molecule has 0 fully saturated rings. The maximum Gasteiger partial charge on any atom is 0.230 e. The van der Waals surface area contributed by atoms with Gasteiger partial charge in [-0.2, -0.15) is 0 Å². The Balaban J connectivity index is 1.97. The summed E-state index contributed by atoms with van der Waals surface area (Å²) in [6, 6.07) is 2.81. The summed E-state index contributed by atoms with van der Waals surface area (Å²) in [6.07, 6.45) is -7.05. The number of carbonyl (C=O) groups excluding carboxylic acids is 1. The second-order valence-corrected chi connectivity index (χ2v) is 6.12. The molecule has 1 amide bonds. The molecule has 0 unspecified atom stereocenters. The highest BCUT2D eigenvalue weighted by Crippen LogP contribution is 2.14. The lowest BCUT2D eigenvalue weighted by Crippen LogP contribution is -2.23. The van der Waals surface area contributed by atoms with Crippen LogP contribution in [0.15, 0.2) is 59.9 Å². The molecule has 0 saturated carbocycles. The number of carbonyl (C=O) groups is 1. The molecule has 1 heterocycles. The monoisotopic (exact) mass is 408 g/mol. The fraction of sp³-hybridized carbons (Fsp3) is 0.238. The molecule has 3 rings (SSSR count). The van der Waals surface area contributed by atoms with Crippen LogP contribution in [-0.4, -0.2) is 29.0 Å². The van der Waals surface area contributed by atoms with Crippen LogP contribution in [0, 0.1) is 0 Å². The maximum absolute atomic E-state index is 12.5. The van der Waals surface area contributed by atoms with E-state index in [2.05, 4.69) is 10.3 Å². The van der Waals surface area contributed by atoms with Crippen molar-refractivity contribution in [2.24, 2.45) is 0 Å². The number of anilines is 2. The summed E-state index contributed by atoms with van der Waals surface area (Å²) in [5.74, 6) is -0.865. The number of aromatic nitrogens is 1. The van der Waals surface area contributed by atoms with Crippen molar-refractivity contribution < 1.29 is 26.4 Å². The Morgan fingerprint density at radius 1 is 1.32 bits per heavy atom. The number of thiazole rings is 1. The van der Waals surface area contributed by atoms with Gasteiger partial charge >= 0.3 is 0 Å². The highest BCUT2D eigenvalue weighted by molar-refractivity contribution is 7.13. The average Bonchev–Trinajstić information content (AvgIpc) is 3.16. The largest absolute Gasteiger partial charge is 0.387 e. The molecule has 0 aliphatic rings. The van der Waals surface area contributed by atoms with Gasteiger partial charge in [-0.05, 0) is 36.1 Å². The molecule has 0 saturated heterocycles. The van der Waals surface area contributed by atoms with Gasteiger partial charge in [0.15, 0.2) is 5.13 Å². The molecule has 0 radical (unpaired) electrons. The number of hydrogen-bond acceptors (Lipinski definition) is 6. The number of nitrogens with two attached hydrogens (primary N) is 1. The minimum Gasteiger partial charge on any atom is -0.387 e. The second kappa shape index (κ2) is 9.98. The van der Waals surface area contributed by atoms with E-state index in [1.807, 2.05) is 0 Å². The molecule has 0 aliphatic carbocycles. The van der Waals surface area contributed by atoms with Gasteiger partial charge in [-0.15, -0.1) is 11.3 Å². The predicted octanol–water partition coefficient (Wildman–Crippen LogP) is 2.77. The number of nitrogen functional groups attached to an aromatic ring is 1. The first-order valence-corrected chi connectivity index (χ1v) is 8.76. The Bertz CT molecular complexity index is 1400. The summed E-state index contributed by atoms with van der Waals surface area (Å²) in [5, 5.41) is 14.4. The molecule has 1 aromatic heterocycles. The van der Waals surface area contributed by atoms with E-state index in [0.717, 1.165) is 11.3 Å². The third-order valence-corrected chi connectivity index (χ3v) is 3.85. The van der Waals surface area contributed by atoms with E-state index >= 15 is 0 Å². The van der Waals surface area contributed by atoms with Crippen molar-refractivity contribution in [2.45, 2.75) is 18.9 Å². The molecule has 0 spiro atoms. The Morgan fingerprint density at radius 3 is 2.75 bits per heavy atom. The molecule has 6 nitrogen and oxygen atoms in total. The number of aliphatic hydroxyl groups is 1. The molecule has 3 aromatic rings. The lowest BCUT2D eigenvalue weighted by atomic mass is 10.1. The zero-order chi connectivity index (χ0) is 30.4. The molecule has 5 N–H and O–H groups in total. The highest BCUT2D eigenvalue weighted by atomic mass is 32.1. The van der Waals surface area contributed by atoms with E-state index in [1.165, 1.54) is 30.3 Å². The van der Waals surface area contributed by atoms with E-state index in [4.69, 9.17) is 22.2 Å². The number of nitrogens with one attached hydrogen (secondary N) is 2. The Morgan fingerprint density at radius 2 is 2.07 bits per heavy atom. The third-order valence-electron chi connectivity index (χ3n) is 3.21. The van der Waals surface area contributed by atoms with Gasteiger partial charge in [-0.3, -0.25) is 4.79 Å². The first-order valence-electron chi connectivity index (χ1n) is 13.9. The van der Waals surface area contributed by atoms with Crippen LogP contribution in [0.4, 0.5) is 10.8 Å². The van der Waals surface area contributed by atoms with Crippen LogP contribution in [0.5, 0.6) is 0 Å². The minimum atomic E-state index is -3.51. The van der Waals surface area contributed by atoms with Gasteiger partial charge in [-0.1, -0.05) is 42.4 Å². The van der Waals surface area contributed by atoms with Crippen LogP contribution in [0.25, 0.3) is 0 Å². The van der Waals surface area contributed by atoms with Crippen LogP contribution in [0.1, 0.15) is 39.3 Å².